The molecule has 2 bridgehead atoms. The van der Waals surface area contributed by atoms with Gasteiger partial charge in [0.2, 0.25) is 5.91 Å². The van der Waals surface area contributed by atoms with Gasteiger partial charge in [0, 0.05) is 55.2 Å². The second kappa shape index (κ2) is 6.45. The maximum absolute atomic E-state index is 12.8. The molecule has 2 N–H and O–H groups in total. The second-order valence-corrected chi connectivity index (χ2v) is 8.70. The summed E-state index contributed by atoms with van der Waals surface area (Å²) in [4.78, 5) is 33.1. The number of pyridine rings is 1. The molecule has 0 unspecified atom stereocenters. The number of hydrogen-bond donors (Lipinski definition) is 2. The summed E-state index contributed by atoms with van der Waals surface area (Å²) in [5.41, 5.74) is 1.47. The van der Waals surface area contributed by atoms with Crippen LogP contribution in [0.1, 0.15) is 29.8 Å². The van der Waals surface area contributed by atoms with E-state index in [4.69, 9.17) is 0 Å². The lowest BCUT2D eigenvalue weighted by molar-refractivity contribution is -0.129. The molecule has 142 valence electrons. The lowest BCUT2D eigenvalue weighted by atomic mass is 9.95. The Hall–Kier alpha value is -2.19. The molecule has 2 aromatic heterocycles. The highest BCUT2D eigenvalue weighted by molar-refractivity contribution is 7.17. The molecule has 3 saturated heterocycles. The van der Waals surface area contributed by atoms with Crippen LogP contribution < -0.4 is 15.5 Å². The van der Waals surface area contributed by atoms with Gasteiger partial charge in [-0.2, -0.15) is 0 Å². The highest BCUT2D eigenvalue weighted by atomic mass is 32.1. The fraction of sp³-hybridized carbons (Fsp3) is 0.526. The van der Waals surface area contributed by atoms with Crippen LogP contribution in [0, 0.1) is 0 Å². The number of rotatable bonds is 3. The number of hydrogen-bond acceptors (Lipinski definition) is 6. The van der Waals surface area contributed by atoms with E-state index in [1.54, 1.807) is 22.4 Å². The smallest absolute Gasteiger partial charge is 0.270 e. The molecule has 0 aliphatic carbocycles. The monoisotopic (exact) mass is 385 g/mol. The number of fused-ring (bicyclic) bond motifs is 3. The van der Waals surface area contributed by atoms with Crippen LogP contribution in [-0.4, -0.2) is 66.5 Å². The lowest BCUT2D eigenvalue weighted by Crippen LogP contribution is -2.48. The molecule has 5 rings (SSSR count). The van der Waals surface area contributed by atoms with Crippen LogP contribution in [0.5, 0.6) is 0 Å². The quantitative estimate of drug-likeness (QED) is 0.830. The highest BCUT2D eigenvalue weighted by Gasteiger charge is 2.39. The molecule has 3 aliphatic rings. The number of carbonyl (C=O) groups is 2. The molecule has 8 heteroatoms. The standard InChI is InChI=1S/C19H23N5O2S/c1-23-4-5-24(9-18(23)25)16-10-27-17-8-20-15(7-12(16)17)19(26)22-14-6-11-2-3-13(14)21-11/h7-8,10-11,13-14,21H,2-6,9H2,1H3,(H,22,26)/t11-,13+,14-/m1/s1. The van der Waals surface area contributed by atoms with Crippen LogP contribution >= 0.6 is 11.3 Å². The summed E-state index contributed by atoms with van der Waals surface area (Å²) < 4.78 is 1.04. The third kappa shape index (κ3) is 2.96. The largest absolute Gasteiger partial charge is 0.359 e. The van der Waals surface area contributed by atoms with Crippen LogP contribution in [0.2, 0.25) is 0 Å². The van der Waals surface area contributed by atoms with Crippen LogP contribution in [0.25, 0.3) is 10.1 Å². The molecular weight excluding hydrogens is 362 g/mol. The highest BCUT2D eigenvalue weighted by Crippen LogP contribution is 2.34. The number of amides is 2. The van der Waals surface area contributed by atoms with Crippen molar-refractivity contribution >= 4 is 38.9 Å². The first-order valence-electron chi connectivity index (χ1n) is 9.51. The first kappa shape index (κ1) is 16.9. The summed E-state index contributed by atoms with van der Waals surface area (Å²) in [6, 6.07) is 3.02. The summed E-state index contributed by atoms with van der Waals surface area (Å²) in [5, 5.41) is 9.77. The normalized spacial score (nSPS) is 27.6. The average Bonchev–Trinajstić information content (AvgIpc) is 3.38. The zero-order chi connectivity index (χ0) is 18.5. The van der Waals surface area contributed by atoms with Gasteiger partial charge in [-0.05, 0) is 25.3 Å². The van der Waals surface area contributed by atoms with Gasteiger partial charge in [0.15, 0.2) is 0 Å². The fourth-order valence-corrected chi connectivity index (χ4v) is 5.40. The van der Waals surface area contributed by atoms with Gasteiger partial charge in [-0.3, -0.25) is 9.59 Å². The zero-order valence-electron chi connectivity index (χ0n) is 15.3. The summed E-state index contributed by atoms with van der Waals surface area (Å²) >= 11 is 1.60. The SMILES string of the molecule is CN1CCN(c2csc3cnc(C(=O)N[C@@H]4C[C@H]5CC[C@@H]4N5)cc23)CC1=O. The van der Waals surface area contributed by atoms with E-state index in [0.29, 0.717) is 30.9 Å². The zero-order valence-corrected chi connectivity index (χ0v) is 16.1. The van der Waals surface area contributed by atoms with E-state index in [1.165, 1.54) is 6.42 Å². The Balaban J connectivity index is 1.38. The minimum Gasteiger partial charge on any atom is -0.359 e. The predicted molar refractivity (Wildman–Crippen MR) is 105 cm³/mol. The first-order chi connectivity index (χ1) is 13.1. The molecule has 27 heavy (non-hydrogen) atoms. The Kier molecular flexibility index (Phi) is 4.05. The molecule has 0 radical (unpaired) electrons. The summed E-state index contributed by atoms with van der Waals surface area (Å²) in [6.07, 6.45) is 5.12. The number of nitrogens with zero attached hydrogens (tertiary/aromatic N) is 3. The van der Waals surface area contributed by atoms with E-state index in [9.17, 15) is 9.59 Å². The van der Waals surface area contributed by atoms with Crippen molar-refractivity contribution in [3.05, 3.63) is 23.3 Å². The number of likely N-dealkylation sites (N-methyl/N-ethyl adjacent to an activating group) is 1. The molecule has 5 heterocycles. The molecule has 0 saturated carbocycles. The van der Waals surface area contributed by atoms with Gasteiger partial charge in [0.1, 0.15) is 5.69 Å². The van der Waals surface area contributed by atoms with E-state index in [2.05, 4.69) is 25.9 Å². The van der Waals surface area contributed by atoms with Crippen molar-refractivity contribution in [2.75, 3.05) is 31.6 Å². The van der Waals surface area contributed by atoms with Gasteiger partial charge in [-0.25, -0.2) is 4.98 Å². The number of carbonyl (C=O) groups excluding carboxylic acids is 2. The van der Waals surface area contributed by atoms with E-state index in [-0.39, 0.29) is 17.9 Å². The summed E-state index contributed by atoms with van der Waals surface area (Å²) in [6.45, 7) is 1.89. The van der Waals surface area contributed by atoms with Gasteiger partial charge in [-0.1, -0.05) is 0 Å². The number of nitrogens with one attached hydrogen (secondary N) is 2. The van der Waals surface area contributed by atoms with E-state index in [1.807, 2.05) is 13.1 Å². The van der Waals surface area contributed by atoms with Crippen LogP contribution in [0.3, 0.4) is 0 Å². The molecule has 3 fully saturated rings. The Bertz CT molecular complexity index is 913. The van der Waals surface area contributed by atoms with Crippen molar-refractivity contribution in [3.63, 3.8) is 0 Å². The van der Waals surface area contributed by atoms with E-state index >= 15 is 0 Å². The number of piperazine rings is 1. The Morgan fingerprint density at radius 3 is 3.00 bits per heavy atom. The Labute approximate surface area is 161 Å². The van der Waals surface area contributed by atoms with Gasteiger partial charge in [-0.15, -0.1) is 11.3 Å². The molecule has 7 nitrogen and oxygen atoms in total. The van der Waals surface area contributed by atoms with Crippen molar-refractivity contribution < 1.29 is 9.59 Å². The molecule has 3 aliphatic heterocycles. The van der Waals surface area contributed by atoms with Crippen molar-refractivity contribution in [1.82, 2.24) is 20.5 Å². The summed E-state index contributed by atoms with van der Waals surface area (Å²) in [5.74, 6) is 0.0132. The minimum absolute atomic E-state index is 0.108. The molecule has 2 amide bonds. The van der Waals surface area contributed by atoms with Crippen molar-refractivity contribution in [1.29, 1.82) is 0 Å². The third-order valence-corrected chi connectivity index (χ3v) is 7.01. The van der Waals surface area contributed by atoms with Crippen molar-refractivity contribution in [3.8, 4) is 0 Å². The maximum atomic E-state index is 12.8. The second-order valence-electron chi connectivity index (χ2n) is 7.79. The van der Waals surface area contributed by atoms with Crippen LogP contribution in [-0.2, 0) is 4.79 Å². The van der Waals surface area contributed by atoms with Crippen molar-refractivity contribution in [2.45, 2.75) is 37.4 Å². The summed E-state index contributed by atoms with van der Waals surface area (Å²) in [7, 11) is 1.84. The van der Waals surface area contributed by atoms with Crippen molar-refractivity contribution in [2.24, 2.45) is 0 Å². The Morgan fingerprint density at radius 2 is 2.26 bits per heavy atom. The molecule has 0 aromatic carbocycles. The average molecular weight is 385 g/mol. The van der Waals surface area contributed by atoms with E-state index in [0.717, 1.165) is 35.2 Å². The van der Waals surface area contributed by atoms with Crippen LogP contribution in [0.15, 0.2) is 17.6 Å². The first-order valence-corrected chi connectivity index (χ1v) is 10.4. The number of thiophene rings is 1. The van der Waals surface area contributed by atoms with E-state index < -0.39 is 0 Å². The maximum Gasteiger partial charge on any atom is 0.270 e. The van der Waals surface area contributed by atoms with Gasteiger partial charge in [0.05, 0.1) is 16.9 Å². The lowest BCUT2D eigenvalue weighted by Gasteiger charge is -2.33. The third-order valence-electron chi connectivity index (χ3n) is 6.09. The predicted octanol–water partition coefficient (Wildman–Crippen LogP) is 1.20. The Morgan fingerprint density at radius 1 is 1.37 bits per heavy atom. The number of anilines is 1. The van der Waals surface area contributed by atoms with Gasteiger partial charge >= 0.3 is 0 Å². The molecular formula is C19H23N5O2S. The fourth-order valence-electron chi connectivity index (χ4n) is 4.48. The van der Waals surface area contributed by atoms with Gasteiger partial charge in [0.25, 0.3) is 5.91 Å². The number of aromatic nitrogens is 1. The van der Waals surface area contributed by atoms with Gasteiger partial charge < -0.3 is 20.4 Å². The minimum atomic E-state index is -0.108. The topological polar surface area (TPSA) is 77.6 Å². The molecule has 2 aromatic rings. The van der Waals surface area contributed by atoms with Crippen LogP contribution in [0.4, 0.5) is 5.69 Å². The molecule has 3 atom stereocenters. The molecule has 0 spiro atoms.